The van der Waals surface area contributed by atoms with Crippen molar-refractivity contribution in [2.75, 3.05) is 23.7 Å². The van der Waals surface area contributed by atoms with Crippen LogP contribution in [0.2, 0.25) is 0 Å². The van der Waals surface area contributed by atoms with Gasteiger partial charge in [-0.2, -0.15) is 0 Å². The molecule has 0 saturated carbocycles. The van der Waals surface area contributed by atoms with Crippen LogP contribution in [0, 0.1) is 0 Å². The number of sulfonamides is 1. The highest BCUT2D eigenvalue weighted by atomic mass is 79.9. The third kappa shape index (κ3) is 10.3. The Labute approximate surface area is 259 Å². The number of hydrogen-bond acceptors (Lipinski definition) is 4. The zero-order valence-electron chi connectivity index (χ0n) is 24.8. The van der Waals surface area contributed by atoms with Gasteiger partial charge in [0.05, 0.1) is 11.9 Å². The molecule has 42 heavy (non-hydrogen) atoms. The van der Waals surface area contributed by atoms with Gasteiger partial charge in [0.1, 0.15) is 6.04 Å². The van der Waals surface area contributed by atoms with Gasteiger partial charge in [-0.25, -0.2) is 8.42 Å². The zero-order chi connectivity index (χ0) is 30.5. The number of carbonyl (C=O) groups excluding carboxylic acids is 2. The summed E-state index contributed by atoms with van der Waals surface area (Å²) in [6.07, 6.45) is 4.63. The van der Waals surface area contributed by atoms with Crippen molar-refractivity contribution in [3.8, 4) is 0 Å². The minimum Gasteiger partial charge on any atom is -0.354 e. The molecule has 1 N–H and O–H groups in total. The number of hydrogen-bond donors (Lipinski definition) is 1. The predicted octanol–water partition coefficient (Wildman–Crippen LogP) is 6.11. The summed E-state index contributed by atoms with van der Waals surface area (Å²) < 4.78 is 27.6. The smallest absolute Gasteiger partial charge is 0.243 e. The van der Waals surface area contributed by atoms with E-state index >= 15 is 0 Å². The molecule has 3 aromatic carbocycles. The Morgan fingerprint density at radius 2 is 1.50 bits per heavy atom. The Morgan fingerprint density at radius 3 is 2.10 bits per heavy atom. The lowest BCUT2D eigenvalue weighted by molar-refractivity contribution is -0.141. The molecule has 0 saturated heterocycles. The average molecular weight is 657 g/mol. The van der Waals surface area contributed by atoms with Crippen molar-refractivity contribution in [3.05, 3.63) is 100 Å². The number of halogens is 1. The fourth-order valence-corrected chi connectivity index (χ4v) is 5.98. The number of amides is 2. The number of benzene rings is 3. The van der Waals surface area contributed by atoms with E-state index in [1.165, 1.54) is 10.6 Å². The Balaban J connectivity index is 1.85. The first-order valence-corrected chi connectivity index (χ1v) is 17.2. The first-order chi connectivity index (χ1) is 20.1. The van der Waals surface area contributed by atoms with Crippen LogP contribution < -0.4 is 9.62 Å². The Morgan fingerprint density at radius 1 is 0.857 bits per heavy atom. The maximum atomic E-state index is 13.9. The number of nitrogens with one attached hydrogen (secondary N) is 1. The Hall–Kier alpha value is -3.17. The van der Waals surface area contributed by atoms with Crippen LogP contribution in [0.25, 0.3) is 0 Å². The topological polar surface area (TPSA) is 86.8 Å². The number of rotatable bonds is 16. The van der Waals surface area contributed by atoms with Crippen LogP contribution in [0.1, 0.15) is 56.2 Å². The summed E-state index contributed by atoms with van der Waals surface area (Å²) in [7, 11) is -3.55. The molecule has 1 unspecified atom stereocenters. The maximum absolute atomic E-state index is 13.9. The van der Waals surface area contributed by atoms with Crippen LogP contribution in [0.5, 0.6) is 0 Å². The normalized spacial score (nSPS) is 12.0. The van der Waals surface area contributed by atoms with Gasteiger partial charge in [0.2, 0.25) is 21.8 Å². The van der Waals surface area contributed by atoms with Crippen molar-refractivity contribution in [1.29, 1.82) is 0 Å². The second-order valence-corrected chi connectivity index (χ2v) is 13.3. The molecule has 0 fully saturated rings. The molecule has 9 heteroatoms. The predicted molar refractivity (Wildman–Crippen MR) is 174 cm³/mol. The minimum atomic E-state index is -3.55. The van der Waals surface area contributed by atoms with E-state index in [9.17, 15) is 18.0 Å². The molecule has 3 rings (SSSR count). The lowest BCUT2D eigenvalue weighted by atomic mass is 10.0. The summed E-state index contributed by atoms with van der Waals surface area (Å²) in [6.45, 7) is 5.08. The van der Waals surface area contributed by atoms with Gasteiger partial charge in [0.15, 0.2) is 0 Å². The molecule has 0 bridgehead atoms. The number of nitrogens with zero attached hydrogens (tertiary/aromatic N) is 2. The monoisotopic (exact) mass is 655 g/mol. The summed E-state index contributed by atoms with van der Waals surface area (Å²) in [5.74, 6) is -0.384. The van der Waals surface area contributed by atoms with Crippen LogP contribution in [0.15, 0.2) is 83.3 Å². The highest BCUT2D eigenvalue weighted by Gasteiger charge is 2.30. The SMILES string of the molecule is CCCCNC(=O)C(Cc1ccccc1)N(Cc1ccc(Br)cc1)C(=O)CCCN(c1ccc(CC)cc1)S(C)(=O)=O. The van der Waals surface area contributed by atoms with Gasteiger partial charge < -0.3 is 10.2 Å². The molecule has 0 aromatic heterocycles. The van der Waals surface area contributed by atoms with Crippen molar-refractivity contribution in [1.82, 2.24) is 10.2 Å². The maximum Gasteiger partial charge on any atom is 0.243 e. The van der Waals surface area contributed by atoms with Gasteiger partial charge in [0.25, 0.3) is 0 Å². The Kier molecular flexibility index (Phi) is 13.1. The van der Waals surface area contributed by atoms with E-state index in [0.29, 0.717) is 25.1 Å². The van der Waals surface area contributed by atoms with E-state index in [1.54, 1.807) is 17.0 Å². The zero-order valence-corrected chi connectivity index (χ0v) is 27.2. The summed E-state index contributed by atoms with van der Waals surface area (Å²) in [5, 5.41) is 3.03. The third-order valence-corrected chi connectivity index (χ3v) is 8.87. The molecule has 2 amide bonds. The van der Waals surface area contributed by atoms with Gasteiger partial charge in [-0.05, 0) is 60.2 Å². The van der Waals surface area contributed by atoms with E-state index in [-0.39, 0.29) is 31.3 Å². The fourth-order valence-electron chi connectivity index (χ4n) is 4.75. The van der Waals surface area contributed by atoms with Gasteiger partial charge in [-0.15, -0.1) is 0 Å². The van der Waals surface area contributed by atoms with Crippen molar-refractivity contribution in [2.24, 2.45) is 0 Å². The van der Waals surface area contributed by atoms with Crippen LogP contribution in [-0.4, -0.2) is 50.5 Å². The van der Waals surface area contributed by atoms with Crippen LogP contribution in [0.3, 0.4) is 0 Å². The molecule has 7 nitrogen and oxygen atoms in total. The molecule has 0 aliphatic heterocycles. The summed E-state index contributed by atoms with van der Waals surface area (Å²) in [6, 6.07) is 24.1. The molecular weight excluding hydrogens is 614 g/mol. The lowest BCUT2D eigenvalue weighted by Gasteiger charge is -2.32. The van der Waals surface area contributed by atoms with Crippen LogP contribution >= 0.6 is 15.9 Å². The third-order valence-electron chi connectivity index (χ3n) is 7.15. The number of aryl methyl sites for hydroxylation is 1. The van der Waals surface area contributed by atoms with E-state index < -0.39 is 16.1 Å². The highest BCUT2D eigenvalue weighted by Crippen LogP contribution is 2.21. The molecular formula is C33H42BrN3O4S. The first-order valence-electron chi connectivity index (χ1n) is 14.5. The molecule has 0 radical (unpaired) electrons. The van der Waals surface area contributed by atoms with Crippen molar-refractivity contribution >= 4 is 43.5 Å². The van der Waals surface area contributed by atoms with Crippen molar-refractivity contribution in [2.45, 2.75) is 65.0 Å². The summed E-state index contributed by atoms with van der Waals surface area (Å²) >= 11 is 3.46. The highest BCUT2D eigenvalue weighted by molar-refractivity contribution is 9.10. The van der Waals surface area contributed by atoms with E-state index in [2.05, 4.69) is 28.2 Å². The lowest BCUT2D eigenvalue weighted by Crippen LogP contribution is -2.50. The molecule has 0 heterocycles. The van der Waals surface area contributed by atoms with Gasteiger partial charge >= 0.3 is 0 Å². The standard InChI is InChI=1S/C33H42BrN3O4S/c1-4-6-22-35-33(39)31(24-27-11-8-7-9-12-27)36(25-28-14-18-29(34)19-15-28)32(38)13-10-23-37(42(3,40)41)30-20-16-26(5-2)17-21-30/h7-9,11-12,14-21,31H,4-6,10,13,22-25H2,1-3H3,(H,35,39). The number of carbonyl (C=O) groups is 2. The van der Waals surface area contributed by atoms with Crippen LogP contribution in [0.4, 0.5) is 5.69 Å². The minimum absolute atomic E-state index is 0.100. The van der Waals surface area contributed by atoms with Crippen LogP contribution in [-0.2, 0) is 39.0 Å². The summed E-state index contributed by atoms with van der Waals surface area (Å²) in [4.78, 5) is 29.1. The van der Waals surface area contributed by atoms with E-state index in [0.717, 1.165) is 40.4 Å². The average Bonchev–Trinajstić information content (AvgIpc) is 2.98. The van der Waals surface area contributed by atoms with Gasteiger partial charge in [0, 0.05) is 36.9 Å². The molecule has 0 aliphatic carbocycles. The van der Waals surface area contributed by atoms with Crippen molar-refractivity contribution in [3.63, 3.8) is 0 Å². The quantitative estimate of drug-likeness (QED) is 0.189. The van der Waals surface area contributed by atoms with Crippen molar-refractivity contribution < 1.29 is 18.0 Å². The fraction of sp³-hybridized carbons (Fsp3) is 0.394. The molecule has 3 aromatic rings. The van der Waals surface area contributed by atoms with E-state index in [4.69, 9.17) is 0 Å². The molecule has 226 valence electrons. The van der Waals surface area contributed by atoms with E-state index in [1.807, 2.05) is 73.7 Å². The summed E-state index contributed by atoms with van der Waals surface area (Å²) in [5.41, 5.74) is 3.55. The molecule has 0 spiro atoms. The second kappa shape index (κ2) is 16.5. The Bertz CT molecular complexity index is 1380. The number of anilines is 1. The van der Waals surface area contributed by atoms with Gasteiger partial charge in [-0.1, -0.05) is 90.8 Å². The molecule has 1 atom stereocenters. The first kappa shape index (κ1) is 33.3. The molecule has 0 aliphatic rings. The number of unbranched alkanes of at least 4 members (excludes halogenated alkanes) is 1. The second-order valence-electron chi connectivity index (χ2n) is 10.5. The van der Waals surface area contributed by atoms with Gasteiger partial charge in [-0.3, -0.25) is 13.9 Å². The largest absolute Gasteiger partial charge is 0.354 e.